The molecule has 1 heterocycles. The Kier molecular flexibility index (Phi) is 6.16. The van der Waals surface area contributed by atoms with Crippen LogP contribution in [0.2, 0.25) is 0 Å². The highest BCUT2D eigenvalue weighted by atomic mass is 16.2. The number of likely N-dealkylation sites (tertiary alicyclic amines) is 1. The molecule has 2 amide bonds. The highest BCUT2D eigenvalue weighted by Crippen LogP contribution is 2.17. The standard InChI is InChI=1S/C18H27N3O2/c1-13(12-21-8-4-5-9-21)11-19-18(23)16-7-6-14(2)17(10-16)20-15(3)22/h6-7,10,13H,4-5,8-9,11-12H2,1-3H3,(H,19,23)(H,20,22). The van der Waals surface area contributed by atoms with Crippen molar-refractivity contribution in [3.05, 3.63) is 29.3 Å². The van der Waals surface area contributed by atoms with E-state index in [-0.39, 0.29) is 11.8 Å². The molecular formula is C18H27N3O2. The molecule has 1 aliphatic rings. The number of rotatable bonds is 6. The van der Waals surface area contributed by atoms with Gasteiger partial charge in [0.05, 0.1) is 0 Å². The van der Waals surface area contributed by atoms with E-state index in [0.717, 1.165) is 12.1 Å². The van der Waals surface area contributed by atoms with E-state index >= 15 is 0 Å². The molecule has 1 fully saturated rings. The zero-order valence-electron chi connectivity index (χ0n) is 14.3. The molecule has 2 N–H and O–H groups in total. The smallest absolute Gasteiger partial charge is 0.251 e. The Bertz CT molecular complexity index is 565. The maximum atomic E-state index is 12.3. The molecule has 1 aromatic rings. The van der Waals surface area contributed by atoms with Gasteiger partial charge in [0.15, 0.2) is 0 Å². The molecule has 1 unspecified atom stereocenters. The van der Waals surface area contributed by atoms with Gasteiger partial charge in [-0.15, -0.1) is 0 Å². The van der Waals surface area contributed by atoms with Crippen LogP contribution in [0.5, 0.6) is 0 Å². The van der Waals surface area contributed by atoms with Crippen LogP contribution in [0, 0.1) is 12.8 Å². The molecule has 5 nitrogen and oxygen atoms in total. The Balaban J connectivity index is 1.88. The molecule has 0 spiro atoms. The lowest BCUT2D eigenvalue weighted by molar-refractivity contribution is -0.114. The summed E-state index contributed by atoms with van der Waals surface area (Å²) in [6.07, 6.45) is 2.57. The van der Waals surface area contributed by atoms with Crippen molar-refractivity contribution in [2.24, 2.45) is 5.92 Å². The Morgan fingerprint density at radius 1 is 1.26 bits per heavy atom. The van der Waals surface area contributed by atoms with Gasteiger partial charge in [-0.3, -0.25) is 9.59 Å². The summed E-state index contributed by atoms with van der Waals surface area (Å²) in [4.78, 5) is 26.0. The minimum Gasteiger partial charge on any atom is -0.352 e. The first-order valence-corrected chi connectivity index (χ1v) is 8.34. The molecule has 2 rings (SSSR count). The van der Waals surface area contributed by atoms with Gasteiger partial charge in [-0.05, 0) is 56.5 Å². The minimum atomic E-state index is -0.134. The molecule has 1 aliphatic heterocycles. The van der Waals surface area contributed by atoms with Crippen molar-refractivity contribution in [3.8, 4) is 0 Å². The molecule has 0 saturated carbocycles. The number of hydrogen-bond donors (Lipinski definition) is 2. The first-order chi connectivity index (χ1) is 11.0. The number of amides is 2. The normalized spacial score (nSPS) is 16.1. The van der Waals surface area contributed by atoms with Crippen molar-refractivity contribution in [2.75, 3.05) is 31.5 Å². The summed E-state index contributed by atoms with van der Waals surface area (Å²) < 4.78 is 0. The van der Waals surface area contributed by atoms with E-state index in [1.165, 1.54) is 32.9 Å². The van der Waals surface area contributed by atoms with Crippen molar-refractivity contribution in [2.45, 2.75) is 33.6 Å². The first-order valence-electron chi connectivity index (χ1n) is 8.34. The molecular weight excluding hydrogens is 290 g/mol. The summed E-state index contributed by atoms with van der Waals surface area (Å²) in [6.45, 7) is 9.59. The van der Waals surface area contributed by atoms with Crippen LogP contribution in [-0.4, -0.2) is 42.9 Å². The number of carbonyl (C=O) groups is 2. The quantitative estimate of drug-likeness (QED) is 0.847. The Morgan fingerprint density at radius 3 is 2.61 bits per heavy atom. The monoisotopic (exact) mass is 317 g/mol. The SMILES string of the molecule is CC(=O)Nc1cc(C(=O)NCC(C)CN2CCCC2)ccc1C. The molecule has 0 radical (unpaired) electrons. The van der Waals surface area contributed by atoms with E-state index in [4.69, 9.17) is 0 Å². The van der Waals surface area contributed by atoms with Crippen LogP contribution in [0.25, 0.3) is 0 Å². The van der Waals surface area contributed by atoms with Crippen molar-refractivity contribution in [1.82, 2.24) is 10.2 Å². The van der Waals surface area contributed by atoms with Gasteiger partial charge < -0.3 is 15.5 Å². The number of carbonyl (C=O) groups excluding carboxylic acids is 2. The lowest BCUT2D eigenvalue weighted by Crippen LogP contribution is -2.34. The maximum absolute atomic E-state index is 12.3. The van der Waals surface area contributed by atoms with E-state index in [1.54, 1.807) is 12.1 Å². The third-order valence-corrected chi connectivity index (χ3v) is 4.19. The van der Waals surface area contributed by atoms with Crippen molar-refractivity contribution in [1.29, 1.82) is 0 Å². The summed E-state index contributed by atoms with van der Waals surface area (Å²) in [5, 5.41) is 5.75. The largest absolute Gasteiger partial charge is 0.352 e. The van der Waals surface area contributed by atoms with Gasteiger partial charge in [-0.1, -0.05) is 13.0 Å². The van der Waals surface area contributed by atoms with Crippen molar-refractivity contribution < 1.29 is 9.59 Å². The molecule has 1 saturated heterocycles. The van der Waals surface area contributed by atoms with Gasteiger partial charge in [-0.25, -0.2) is 0 Å². The number of hydrogen-bond acceptors (Lipinski definition) is 3. The van der Waals surface area contributed by atoms with E-state index in [0.29, 0.717) is 23.7 Å². The lowest BCUT2D eigenvalue weighted by atomic mass is 10.1. The molecule has 0 aliphatic carbocycles. The van der Waals surface area contributed by atoms with Gasteiger partial charge >= 0.3 is 0 Å². The molecule has 0 aromatic heterocycles. The van der Waals surface area contributed by atoms with Crippen LogP contribution < -0.4 is 10.6 Å². The second-order valence-corrected chi connectivity index (χ2v) is 6.53. The fourth-order valence-corrected chi connectivity index (χ4v) is 2.93. The van der Waals surface area contributed by atoms with Gasteiger partial charge in [0.2, 0.25) is 5.91 Å². The number of aryl methyl sites for hydroxylation is 1. The first kappa shape index (κ1) is 17.5. The zero-order chi connectivity index (χ0) is 16.8. The zero-order valence-corrected chi connectivity index (χ0v) is 14.3. The van der Waals surface area contributed by atoms with Crippen molar-refractivity contribution >= 4 is 17.5 Å². The molecule has 23 heavy (non-hydrogen) atoms. The highest BCUT2D eigenvalue weighted by molar-refractivity contribution is 5.97. The second-order valence-electron chi connectivity index (χ2n) is 6.53. The van der Waals surface area contributed by atoms with Gasteiger partial charge in [0.1, 0.15) is 0 Å². The molecule has 1 atom stereocenters. The van der Waals surface area contributed by atoms with Gasteiger partial charge in [-0.2, -0.15) is 0 Å². The summed E-state index contributed by atoms with van der Waals surface area (Å²) in [6, 6.07) is 5.38. The van der Waals surface area contributed by atoms with E-state index in [1.807, 2.05) is 13.0 Å². The lowest BCUT2D eigenvalue weighted by Gasteiger charge is -2.20. The van der Waals surface area contributed by atoms with E-state index in [9.17, 15) is 9.59 Å². The number of benzene rings is 1. The van der Waals surface area contributed by atoms with Crippen LogP contribution in [0.15, 0.2) is 18.2 Å². The van der Waals surface area contributed by atoms with E-state index < -0.39 is 0 Å². The maximum Gasteiger partial charge on any atom is 0.251 e. The van der Waals surface area contributed by atoms with Crippen LogP contribution in [0.4, 0.5) is 5.69 Å². The van der Waals surface area contributed by atoms with Crippen LogP contribution in [-0.2, 0) is 4.79 Å². The highest BCUT2D eigenvalue weighted by Gasteiger charge is 2.15. The second kappa shape index (κ2) is 8.11. The minimum absolute atomic E-state index is 0.0927. The molecule has 5 heteroatoms. The third kappa shape index (κ3) is 5.36. The fourth-order valence-electron chi connectivity index (χ4n) is 2.93. The van der Waals surface area contributed by atoms with Gasteiger partial charge in [0.25, 0.3) is 5.91 Å². The van der Waals surface area contributed by atoms with Gasteiger partial charge in [0, 0.05) is 31.3 Å². The topological polar surface area (TPSA) is 61.4 Å². The predicted octanol–water partition coefficient (Wildman–Crippen LogP) is 2.42. The summed E-state index contributed by atoms with van der Waals surface area (Å²) >= 11 is 0. The average molecular weight is 317 g/mol. The fraction of sp³-hybridized carbons (Fsp3) is 0.556. The number of nitrogens with zero attached hydrogens (tertiary/aromatic N) is 1. The molecule has 0 bridgehead atoms. The predicted molar refractivity (Wildman–Crippen MR) is 92.7 cm³/mol. The molecule has 1 aromatic carbocycles. The van der Waals surface area contributed by atoms with Crippen LogP contribution in [0.1, 0.15) is 42.6 Å². The Hall–Kier alpha value is -1.88. The Morgan fingerprint density at radius 2 is 1.96 bits per heavy atom. The van der Waals surface area contributed by atoms with E-state index in [2.05, 4.69) is 22.5 Å². The van der Waals surface area contributed by atoms with Crippen LogP contribution in [0.3, 0.4) is 0 Å². The average Bonchev–Trinajstić information content (AvgIpc) is 2.99. The summed E-state index contributed by atoms with van der Waals surface area (Å²) in [5.41, 5.74) is 2.21. The molecule has 126 valence electrons. The summed E-state index contributed by atoms with van der Waals surface area (Å²) in [7, 11) is 0. The number of anilines is 1. The van der Waals surface area contributed by atoms with Crippen LogP contribution >= 0.6 is 0 Å². The number of nitrogens with one attached hydrogen (secondary N) is 2. The third-order valence-electron chi connectivity index (χ3n) is 4.19. The Labute approximate surface area is 138 Å². The van der Waals surface area contributed by atoms with Crippen molar-refractivity contribution in [3.63, 3.8) is 0 Å². The summed E-state index contributed by atoms with van der Waals surface area (Å²) in [5.74, 6) is 0.201.